The van der Waals surface area contributed by atoms with Crippen LogP contribution < -0.4 is 10.0 Å². The molecule has 0 spiro atoms. The summed E-state index contributed by atoms with van der Waals surface area (Å²) < 4.78 is 30.2. The fourth-order valence-electron chi connectivity index (χ4n) is 3.16. The lowest BCUT2D eigenvalue weighted by Crippen LogP contribution is -2.31. The van der Waals surface area contributed by atoms with Gasteiger partial charge in [-0.3, -0.25) is 14.3 Å². The molecule has 0 bridgehead atoms. The molecule has 2 aromatic carbocycles. The van der Waals surface area contributed by atoms with E-state index in [0.29, 0.717) is 24.5 Å². The fourth-order valence-corrected chi connectivity index (χ4v) is 4.22. The molecule has 0 unspecified atom stereocenters. The molecule has 0 atom stereocenters. The van der Waals surface area contributed by atoms with Gasteiger partial charge in [-0.2, -0.15) is 5.10 Å². The molecule has 3 aromatic rings. The lowest BCUT2D eigenvalue weighted by atomic mass is 10.2. The molecule has 0 aliphatic heterocycles. The summed E-state index contributed by atoms with van der Waals surface area (Å²) in [5.41, 5.74) is 1.23. The molecule has 9 nitrogen and oxygen atoms in total. The average Bonchev–Trinajstić information content (AvgIpc) is 3.18. The van der Waals surface area contributed by atoms with Crippen LogP contribution in [0.15, 0.2) is 65.7 Å². The summed E-state index contributed by atoms with van der Waals surface area (Å²) in [6.45, 7) is 6.02. The second-order valence-corrected chi connectivity index (χ2v) is 8.63. The van der Waals surface area contributed by atoms with E-state index in [1.165, 1.54) is 42.1 Å². The topological polar surface area (TPSA) is 113 Å². The number of carbonyl (C=O) groups excluding carboxylic acids is 2. The van der Waals surface area contributed by atoms with E-state index in [-0.39, 0.29) is 28.1 Å². The van der Waals surface area contributed by atoms with Crippen LogP contribution in [0.25, 0.3) is 5.69 Å². The molecule has 0 aliphatic carbocycles. The zero-order valence-corrected chi connectivity index (χ0v) is 18.9. The van der Waals surface area contributed by atoms with Crippen molar-refractivity contribution in [3.8, 4) is 5.69 Å². The monoisotopic (exact) mass is 455 g/mol. The highest BCUT2D eigenvalue weighted by Crippen LogP contribution is 2.25. The predicted molar refractivity (Wildman–Crippen MR) is 122 cm³/mol. The third-order valence-corrected chi connectivity index (χ3v) is 6.12. The van der Waals surface area contributed by atoms with Crippen LogP contribution in [-0.2, 0) is 14.8 Å². The number of carbonyl (C=O) groups is 2. The van der Waals surface area contributed by atoms with Crippen molar-refractivity contribution < 1.29 is 18.0 Å². The number of amides is 2. The first-order valence-electron chi connectivity index (χ1n) is 10.1. The molecule has 0 aliphatic rings. The van der Waals surface area contributed by atoms with Crippen LogP contribution in [0, 0.1) is 0 Å². The van der Waals surface area contributed by atoms with Crippen LogP contribution in [0.5, 0.6) is 0 Å². The summed E-state index contributed by atoms with van der Waals surface area (Å²) in [6.07, 6.45) is 1.37. The number of aromatic nitrogens is 2. The number of hydrogen-bond donors (Lipinski definition) is 2. The van der Waals surface area contributed by atoms with Crippen molar-refractivity contribution in [2.24, 2.45) is 0 Å². The number of sulfonamides is 1. The molecule has 32 heavy (non-hydrogen) atoms. The van der Waals surface area contributed by atoms with Crippen LogP contribution >= 0.6 is 0 Å². The van der Waals surface area contributed by atoms with Gasteiger partial charge in [0.25, 0.3) is 15.9 Å². The number of para-hydroxylation sites is 1. The summed E-state index contributed by atoms with van der Waals surface area (Å²) >= 11 is 0. The van der Waals surface area contributed by atoms with Crippen LogP contribution in [0.3, 0.4) is 0 Å². The molecule has 0 fully saturated rings. The lowest BCUT2D eigenvalue weighted by molar-refractivity contribution is -0.114. The Morgan fingerprint density at radius 3 is 2.19 bits per heavy atom. The number of rotatable bonds is 8. The molecular formula is C22H25N5O4S. The van der Waals surface area contributed by atoms with Gasteiger partial charge < -0.3 is 10.2 Å². The van der Waals surface area contributed by atoms with E-state index in [1.807, 2.05) is 19.9 Å². The highest BCUT2D eigenvalue weighted by Gasteiger charge is 2.26. The number of anilines is 2. The normalized spacial score (nSPS) is 11.1. The Morgan fingerprint density at radius 2 is 1.62 bits per heavy atom. The Bertz CT molecular complexity index is 1200. The molecule has 10 heteroatoms. The summed E-state index contributed by atoms with van der Waals surface area (Å²) in [7, 11) is -4.05. The minimum absolute atomic E-state index is 0.0198. The maximum Gasteiger partial charge on any atom is 0.263 e. The number of nitrogens with one attached hydrogen (secondary N) is 2. The fraction of sp³-hybridized carbons (Fsp3) is 0.227. The van der Waals surface area contributed by atoms with Crippen molar-refractivity contribution in [1.29, 1.82) is 0 Å². The molecule has 0 radical (unpaired) electrons. The van der Waals surface area contributed by atoms with Crippen LogP contribution in [0.2, 0.25) is 0 Å². The smallest absolute Gasteiger partial charge is 0.263 e. The van der Waals surface area contributed by atoms with Gasteiger partial charge in [-0.05, 0) is 50.2 Å². The Morgan fingerprint density at radius 1 is 1.00 bits per heavy atom. The van der Waals surface area contributed by atoms with Gasteiger partial charge in [0, 0.05) is 25.7 Å². The van der Waals surface area contributed by atoms with E-state index in [4.69, 9.17) is 0 Å². The second-order valence-electron chi connectivity index (χ2n) is 6.94. The zero-order valence-electron chi connectivity index (χ0n) is 18.1. The van der Waals surface area contributed by atoms with Gasteiger partial charge in [-0.25, -0.2) is 13.1 Å². The molecule has 2 N–H and O–H groups in total. The maximum absolute atomic E-state index is 13.1. The summed E-state index contributed by atoms with van der Waals surface area (Å²) in [5, 5.41) is 6.87. The third kappa shape index (κ3) is 4.97. The Labute approximate surface area is 187 Å². The van der Waals surface area contributed by atoms with Gasteiger partial charge in [-0.1, -0.05) is 18.2 Å². The number of nitrogens with zero attached hydrogens (tertiary/aromatic N) is 3. The SMILES string of the molecule is CCN(CC)C(=O)c1cnn(-c2ccccc2)c1NS(=O)(=O)c1ccc(NC(C)=O)cc1. The molecular weight excluding hydrogens is 430 g/mol. The summed E-state index contributed by atoms with van der Waals surface area (Å²) in [5.74, 6) is -0.528. The second kappa shape index (κ2) is 9.65. The largest absolute Gasteiger partial charge is 0.339 e. The number of benzene rings is 2. The highest BCUT2D eigenvalue weighted by molar-refractivity contribution is 7.92. The summed E-state index contributed by atoms with van der Waals surface area (Å²) in [6, 6.07) is 14.7. The van der Waals surface area contributed by atoms with Crippen molar-refractivity contribution in [3.05, 3.63) is 66.4 Å². The molecule has 1 aromatic heterocycles. The van der Waals surface area contributed by atoms with E-state index < -0.39 is 10.0 Å². The molecule has 0 saturated carbocycles. The van der Waals surface area contributed by atoms with Crippen LogP contribution in [0.1, 0.15) is 31.1 Å². The van der Waals surface area contributed by atoms with E-state index in [0.717, 1.165) is 0 Å². The van der Waals surface area contributed by atoms with E-state index in [2.05, 4.69) is 15.1 Å². The molecule has 2 amide bonds. The lowest BCUT2D eigenvalue weighted by Gasteiger charge is -2.19. The minimum atomic E-state index is -4.05. The van der Waals surface area contributed by atoms with Crippen molar-refractivity contribution in [2.75, 3.05) is 23.1 Å². The molecule has 1 heterocycles. The van der Waals surface area contributed by atoms with E-state index >= 15 is 0 Å². The van der Waals surface area contributed by atoms with E-state index in [9.17, 15) is 18.0 Å². The Kier molecular flexibility index (Phi) is 6.94. The minimum Gasteiger partial charge on any atom is -0.339 e. The molecule has 0 saturated heterocycles. The first-order valence-corrected chi connectivity index (χ1v) is 11.6. The van der Waals surface area contributed by atoms with Crippen molar-refractivity contribution >= 4 is 33.3 Å². The van der Waals surface area contributed by atoms with Crippen molar-refractivity contribution in [2.45, 2.75) is 25.7 Å². The first kappa shape index (κ1) is 23.0. The maximum atomic E-state index is 13.1. The number of hydrogen-bond acceptors (Lipinski definition) is 5. The van der Waals surface area contributed by atoms with Crippen LogP contribution in [-0.4, -0.2) is 48.0 Å². The predicted octanol–water partition coefficient (Wildman–Crippen LogP) is 3.11. The van der Waals surface area contributed by atoms with Gasteiger partial charge in [0.1, 0.15) is 5.56 Å². The van der Waals surface area contributed by atoms with Gasteiger partial charge in [0.2, 0.25) is 5.91 Å². The van der Waals surface area contributed by atoms with Crippen LogP contribution in [0.4, 0.5) is 11.5 Å². The van der Waals surface area contributed by atoms with E-state index in [1.54, 1.807) is 29.2 Å². The van der Waals surface area contributed by atoms with Gasteiger partial charge >= 0.3 is 0 Å². The zero-order chi connectivity index (χ0) is 23.3. The highest BCUT2D eigenvalue weighted by atomic mass is 32.2. The van der Waals surface area contributed by atoms with Gasteiger partial charge in [-0.15, -0.1) is 0 Å². The third-order valence-electron chi connectivity index (χ3n) is 4.77. The van der Waals surface area contributed by atoms with Gasteiger partial charge in [0.05, 0.1) is 16.8 Å². The Balaban J connectivity index is 2.03. The van der Waals surface area contributed by atoms with Gasteiger partial charge in [0.15, 0.2) is 5.82 Å². The average molecular weight is 456 g/mol. The summed E-state index contributed by atoms with van der Waals surface area (Å²) in [4.78, 5) is 25.8. The Hall–Kier alpha value is -3.66. The first-order chi connectivity index (χ1) is 15.3. The molecule has 3 rings (SSSR count). The standard InChI is InChI=1S/C22H25N5O4S/c1-4-26(5-2)22(29)20-15-23-27(18-9-7-6-8-10-18)21(20)25-32(30,31)19-13-11-17(12-14-19)24-16(3)28/h6-15,25H,4-5H2,1-3H3,(H,24,28). The quantitative estimate of drug-likeness (QED) is 0.542. The molecule has 168 valence electrons. The van der Waals surface area contributed by atoms with Crippen molar-refractivity contribution in [1.82, 2.24) is 14.7 Å². The van der Waals surface area contributed by atoms with Crippen molar-refractivity contribution in [3.63, 3.8) is 0 Å².